The molecule has 1 aliphatic carbocycles. The zero-order chi connectivity index (χ0) is 18.3. The molecule has 1 aromatic heterocycles. The molecule has 0 saturated heterocycles. The Morgan fingerprint density at radius 1 is 1.23 bits per heavy atom. The van der Waals surface area contributed by atoms with Crippen molar-refractivity contribution >= 4 is 17.0 Å². The van der Waals surface area contributed by atoms with E-state index in [2.05, 4.69) is 60.6 Å². The van der Waals surface area contributed by atoms with Crippen molar-refractivity contribution in [2.75, 3.05) is 7.11 Å². The Kier molecular flexibility index (Phi) is 4.59. The van der Waals surface area contributed by atoms with E-state index in [0.29, 0.717) is 0 Å². The van der Waals surface area contributed by atoms with Crippen LogP contribution in [0.4, 0.5) is 0 Å². The summed E-state index contributed by atoms with van der Waals surface area (Å²) in [6, 6.07) is 11.1. The molecule has 2 aliphatic rings. The summed E-state index contributed by atoms with van der Waals surface area (Å²) in [7, 11) is 1.77. The molecule has 0 fully saturated rings. The van der Waals surface area contributed by atoms with E-state index in [0.717, 1.165) is 23.4 Å². The highest BCUT2D eigenvalue weighted by molar-refractivity contribution is 7.10. The fourth-order valence-corrected chi connectivity index (χ4v) is 5.36. The molecule has 1 N–H and O–H groups in total. The van der Waals surface area contributed by atoms with Crippen LogP contribution < -0.4 is 0 Å². The Hall–Kier alpha value is -1.75. The Bertz CT molecular complexity index is 851. The molecule has 1 aliphatic heterocycles. The van der Waals surface area contributed by atoms with Crippen LogP contribution in [0, 0.1) is 0 Å². The highest BCUT2D eigenvalue weighted by Crippen LogP contribution is 2.51. The standard InChI is InChI=1S/C22H25NO2S/c1-4-5-14-6-8-15(9-7-14)22(2)18(25-3)11-10-17-19(22)16-12-13-26-20(16)21(24)23-17/h6-13,18-19,21,24H,4-5H2,1-3H3. The third kappa shape index (κ3) is 2.59. The maximum absolute atomic E-state index is 10.4. The van der Waals surface area contributed by atoms with Crippen LogP contribution in [-0.4, -0.2) is 24.0 Å². The maximum atomic E-state index is 10.4. The number of hydrogen-bond acceptors (Lipinski definition) is 4. The lowest BCUT2D eigenvalue weighted by atomic mass is 9.60. The number of nitrogens with zero attached hydrogens (tertiary/aromatic N) is 1. The van der Waals surface area contributed by atoms with Gasteiger partial charge >= 0.3 is 0 Å². The summed E-state index contributed by atoms with van der Waals surface area (Å²) in [6.07, 6.45) is 5.55. The van der Waals surface area contributed by atoms with Gasteiger partial charge in [0, 0.05) is 24.2 Å². The molecule has 0 saturated carbocycles. The van der Waals surface area contributed by atoms with Gasteiger partial charge in [-0.1, -0.05) is 50.6 Å². The number of allylic oxidation sites excluding steroid dienone is 1. The van der Waals surface area contributed by atoms with Crippen LogP contribution in [0.5, 0.6) is 0 Å². The number of thiophene rings is 1. The van der Waals surface area contributed by atoms with Crippen molar-refractivity contribution in [2.24, 2.45) is 4.99 Å². The van der Waals surface area contributed by atoms with Gasteiger partial charge in [0.1, 0.15) is 0 Å². The number of methoxy groups -OCH3 is 1. The number of aryl methyl sites for hydroxylation is 1. The molecule has 3 nitrogen and oxygen atoms in total. The second kappa shape index (κ2) is 6.76. The molecule has 0 spiro atoms. The molecule has 1 aromatic carbocycles. The van der Waals surface area contributed by atoms with E-state index in [1.807, 2.05) is 6.08 Å². The molecule has 136 valence electrons. The molecule has 26 heavy (non-hydrogen) atoms. The molecular weight excluding hydrogens is 342 g/mol. The molecule has 0 bridgehead atoms. The van der Waals surface area contributed by atoms with Gasteiger partial charge in [-0.2, -0.15) is 0 Å². The number of ether oxygens (including phenoxy) is 1. The van der Waals surface area contributed by atoms with Crippen LogP contribution in [0.15, 0.2) is 52.9 Å². The second-order valence-corrected chi connectivity index (χ2v) is 8.29. The van der Waals surface area contributed by atoms with Crippen molar-refractivity contribution in [1.82, 2.24) is 0 Å². The van der Waals surface area contributed by atoms with Gasteiger partial charge in [0.2, 0.25) is 0 Å². The number of aliphatic hydroxyl groups is 1. The van der Waals surface area contributed by atoms with Gasteiger partial charge in [-0.15, -0.1) is 11.3 Å². The quantitative estimate of drug-likeness (QED) is 0.845. The smallest absolute Gasteiger partial charge is 0.181 e. The lowest BCUT2D eigenvalue weighted by molar-refractivity contribution is 0.0664. The third-order valence-corrected chi connectivity index (χ3v) is 6.81. The van der Waals surface area contributed by atoms with Crippen LogP contribution in [-0.2, 0) is 16.6 Å². The van der Waals surface area contributed by atoms with Gasteiger partial charge in [-0.25, -0.2) is 0 Å². The monoisotopic (exact) mass is 367 g/mol. The van der Waals surface area contributed by atoms with E-state index < -0.39 is 6.23 Å². The van der Waals surface area contributed by atoms with E-state index in [-0.39, 0.29) is 17.4 Å². The fraction of sp³-hybridized carbons (Fsp3) is 0.409. The molecule has 4 atom stereocenters. The van der Waals surface area contributed by atoms with Crippen molar-refractivity contribution in [3.05, 3.63) is 69.4 Å². The number of aliphatic imine (C=N–C) groups is 1. The van der Waals surface area contributed by atoms with Gasteiger partial charge in [-0.05, 0) is 40.6 Å². The van der Waals surface area contributed by atoms with Crippen LogP contribution in [0.3, 0.4) is 0 Å². The first-order valence-corrected chi connectivity index (χ1v) is 10.1. The van der Waals surface area contributed by atoms with E-state index in [4.69, 9.17) is 4.74 Å². The average molecular weight is 368 g/mol. The molecule has 2 aromatic rings. The van der Waals surface area contributed by atoms with Crippen molar-refractivity contribution in [3.63, 3.8) is 0 Å². The number of fused-ring (bicyclic) bond motifs is 3. The van der Waals surface area contributed by atoms with Gasteiger partial charge in [-0.3, -0.25) is 4.99 Å². The average Bonchev–Trinajstić information content (AvgIpc) is 3.13. The number of benzene rings is 1. The maximum Gasteiger partial charge on any atom is 0.181 e. The molecule has 0 radical (unpaired) electrons. The van der Waals surface area contributed by atoms with Crippen LogP contribution >= 0.6 is 11.3 Å². The van der Waals surface area contributed by atoms with Gasteiger partial charge in [0.25, 0.3) is 0 Å². The van der Waals surface area contributed by atoms with Crippen LogP contribution in [0.1, 0.15) is 54.0 Å². The van der Waals surface area contributed by atoms with Gasteiger partial charge < -0.3 is 9.84 Å². The summed E-state index contributed by atoms with van der Waals surface area (Å²) in [5.74, 6) is 0.0825. The summed E-state index contributed by atoms with van der Waals surface area (Å²) in [5.41, 5.74) is 4.46. The van der Waals surface area contributed by atoms with Crippen molar-refractivity contribution in [3.8, 4) is 0 Å². The van der Waals surface area contributed by atoms with E-state index >= 15 is 0 Å². The van der Waals surface area contributed by atoms with Crippen molar-refractivity contribution < 1.29 is 9.84 Å². The number of aliphatic hydroxyl groups excluding tert-OH is 1. The van der Waals surface area contributed by atoms with Gasteiger partial charge in [0.15, 0.2) is 6.23 Å². The largest absolute Gasteiger partial charge is 0.376 e. The Morgan fingerprint density at radius 3 is 2.69 bits per heavy atom. The van der Waals surface area contributed by atoms with E-state index in [1.54, 1.807) is 18.4 Å². The van der Waals surface area contributed by atoms with Gasteiger partial charge in [0.05, 0.1) is 11.0 Å². The highest BCUT2D eigenvalue weighted by Gasteiger charge is 2.50. The zero-order valence-electron chi connectivity index (χ0n) is 15.5. The third-order valence-electron chi connectivity index (χ3n) is 5.84. The SMILES string of the molecule is CCCc1ccc(C2(C)C(OC)C=CC3=NC(O)c4sccc4C32)cc1. The normalized spacial score (nSPS) is 29.8. The zero-order valence-corrected chi connectivity index (χ0v) is 16.3. The Labute approximate surface area is 159 Å². The van der Waals surface area contributed by atoms with E-state index in [9.17, 15) is 5.11 Å². The number of hydrogen-bond donors (Lipinski definition) is 1. The van der Waals surface area contributed by atoms with E-state index in [1.165, 1.54) is 16.7 Å². The lowest BCUT2D eigenvalue weighted by Gasteiger charge is -2.46. The molecular formula is C22H25NO2S. The summed E-state index contributed by atoms with van der Waals surface area (Å²) >= 11 is 1.58. The van der Waals surface area contributed by atoms with Crippen molar-refractivity contribution in [1.29, 1.82) is 0 Å². The summed E-state index contributed by atoms with van der Waals surface area (Å²) in [5, 5.41) is 12.5. The predicted octanol–water partition coefficient (Wildman–Crippen LogP) is 4.77. The number of rotatable bonds is 4. The molecule has 2 heterocycles. The van der Waals surface area contributed by atoms with Crippen LogP contribution in [0.2, 0.25) is 0 Å². The second-order valence-electron chi connectivity index (χ2n) is 7.35. The van der Waals surface area contributed by atoms with Crippen molar-refractivity contribution in [2.45, 2.75) is 50.4 Å². The Balaban J connectivity index is 1.86. The summed E-state index contributed by atoms with van der Waals surface area (Å²) < 4.78 is 5.91. The minimum Gasteiger partial charge on any atom is -0.376 e. The first-order valence-electron chi connectivity index (χ1n) is 9.23. The lowest BCUT2D eigenvalue weighted by Crippen LogP contribution is -2.48. The highest BCUT2D eigenvalue weighted by atomic mass is 32.1. The van der Waals surface area contributed by atoms with Crippen LogP contribution in [0.25, 0.3) is 0 Å². The predicted molar refractivity (Wildman–Crippen MR) is 107 cm³/mol. The molecule has 4 rings (SSSR count). The topological polar surface area (TPSA) is 41.8 Å². The first-order chi connectivity index (χ1) is 12.6. The summed E-state index contributed by atoms with van der Waals surface area (Å²) in [6.45, 7) is 4.47. The molecule has 0 amide bonds. The molecule has 4 heteroatoms. The first kappa shape index (κ1) is 17.7. The summed E-state index contributed by atoms with van der Waals surface area (Å²) in [4.78, 5) is 5.55. The minimum absolute atomic E-state index is 0.0496. The Morgan fingerprint density at radius 2 is 2.00 bits per heavy atom. The fourth-order valence-electron chi connectivity index (χ4n) is 4.51. The minimum atomic E-state index is -0.754. The molecule has 4 unspecified atom stereocenters.